The number of amides is 1. The fraction of sp³-hybridized carbons (Fsp3) is 0.389. The molecule has 2 aromatic rings. The molecule has 1 atom stereocenters. The molecule has 1 aromatic heterocycles. The second-order valence-corrected chi connectivity index (χ2v) is 9.57. The summed E-state index contributed by atoms with van der Waals surface area (Å²) in [6.07, 6.45) is 2.43. The van der Waals surface area contributed by atoms with E-state index in [0.717, 1.165) is 37.1 Å². The Balaban J connectivity index is 1.74. The summed E-state index contributed by atoms with van der Waals surface area (Å²) in [5, 5.41) is 1.75. The van der Waals surface area contributed by atoms with Crippen molar-refractivity contribution in [3.8, 4) is 0 Å². The first kappa shape index (κ1) is 16.8. The fourth-order valence-electron chi connectivity index (χ4n) is 3.64. The molecule has 0 saturated carbocycles. The van der Waals surface area contributed by atoms with Gasteiger partial charge in [-0.25, -0.2) is 8.42 Å². The molecule has 3 heterocycles. The van der Waals surface area contributed by atoms with Crippen LogP contribution >= 0.6 is 11.3 Å². The maximum Gasteiger partial charge on any atom is 0.253 e. The zero-order valence-electron chi connectivity index (χ0n) is 13.8. The van der Waals surface area contributed by atoms with E-state index in [1.54, 1.807) is 17.5 Å². The van der Waals surface area contributed by atoms with Crippen LogP contribution in [0, 0.1) is 0 Å². The molecule has 2 aliphatic rings. The highest BCUT2D eigenvalue weighted by atomic mass is 32.2. The molecule has 0 bridgehead atoms. The number of sulfonamides is 1. The Hall–Kier alpha value is -1.70. The van der Waals surface area contributed by atoms with Gasteiger partial charge in [0.2, 0.25) is 5.91 Å². The lowest BCUT2D eigenvalue weighted by molar-refractivity contribution is -0.134. The van der Waals surface area contributed by atoms with Crippen LogP contribution in [0.25, 0.3) is 0 Å². The Morgan fingerprint density at radius 2 is 1.76 bits per heavy atom. The minimum atomic E-state index is -3.68. The molecule has 0 N–H and O–H groups in total. The summed E-state index contributed by atoms with van der Waals surface area (Å²) >= 11 is 1.20. The number of thiophene rings is 1. The van der Waals surface area contributed by atoms with E-state index in [9.17, 15) is 13.2 Å². The van der Waals surface area contributed by atoms with Crippen LogP contribution in [0.2, 0.25) is 0 Å². The van der Waals surface area contributed by atoms with Crippen LogP contribution in [0.1, 0.15) is 24.0 Å². The lowest BCUT2D eigenvalue weighted by atomic mass is 9.95. The average Bonchev–Trinajstić information content (AvgIpc) is 3.33. The van der Waals surface area contributed by atoms with E-state index in [1.165, 1.54) is 15.6 Å². The van der Waals surface area contributed by atoms with Crippen molar-refractivity contribution in [2.75, 3.05) is 13.1 Å². The average molecular weight is 377 g/mol. The maximum atomic E-state index is 13.2. The van der Waals surface area contributed by atoms with Gasteiger partial charge in [0.15, 0.2) is 0 Å². The normalized spacial score (nSPS) is 21.3. The number of hydrogen-bond acceptors (Lipinski definition) is 4. The molecule has 1 aromatic carbocycles. The Labute approximate surface area is 151 Å². The van der Waals surface area contributed by atoms with Gasteiger partial charge in [0.1, 0.15) is 10.3 Å². The van der Waals surface area contributed by atoms with Crippen molar-refractivity contribution in [1.29, 1.82) is 0 Å². The number of carbonyl (C=O) groups excluding carboxylic acids is 1. The molecular formula is C18H20N2O3S2. The number of hydrogen-bond donors (Lipinski definition) is 0. The van der Waals surface area contributed by atoms with Crippen LogP contribution in [-0.4, -0.2) is 42.7 Å². The van der Waals surface area contributed by atoms with Crippen LogP contribution in [0.15, 0.2) is 46.0 Å². The van der Waals surface area contributed by atoms with Crippen molar-refractivity contribution < 1.29 is 13.2 Å². The van der Waals surface area contributed by atoms with Gasteiger partial charge in [-0.15, -0.1) is 11.3 Å². The van der Waals surface area contributed by atoms with Gasteiger partial charge in [-0.2, -0.15) is 4.31 Å². The van der Waals surface area contributed by atoms with Crippen LogP contribution in [-0.2, 0) is 27.8 Å². The van der Waals surface area contributed by atoms with E-state index in [2.05, 4.69) is 0 Å². The maximum absolute atomic E-state index is 13.2. The van der Waals surface area contributed by atoms with Gasteiger partial charge < -0.3 is 4.90 Å². The monoisotopic (exact) mass is 376 g/mol. The molecule has 1 amide bonds. The van der Waals surface area contributed by atoms with Crippen molar-refractivity contribution in [1.82, 2.24) is 9.21 Å². The van der Waals surface area contributed by atoms with Crippen molar-refractivity contribution in [3.63, 3.8) is 0 Å². The van der Waals surface area contributed by atoms with E-state index in [1.807, 2.05) is 29.2 Å². The molecule has 1 unspecified atom stereocenters. The van der Waals surface area contributed by atoms with E-state index < -0.39 is 16.1 Å². The number of fused-ring (bicyclic) bond motifs is 1. The highest BCUT2D eigenvalue weighted by Gasteiger charge is 2.41. The van der Waals surface area contributed by atoms with Crippen molar-refractivity contribution >= 4 is 27.3 Å². The molecule has 4 rings (SSSR count). The predicted octanol–water partition coefficient (Wildman–Crippen LogP) is 2.49. The summed E-state index contributed by atoms with van der Waals surface area (Å²) in [6, 6.07) is 10.5. The largest absolute Gasteiger partial charge is 0.341 e. The van der Waals surface area contributed by atoms with Crippen molar-refractivity contribution in [3.05, 3.63) is 52.9 Å². The quantitative estimate of drug-likeness (QED) is 0.827. The van der Waals surface area contributed by atoms with Crippen LogP contribution in [0.3, 0.4) is 0 Å². The molecule has 132 valence electrons. The van der Waals surface area contributed by atoms with Gasteiger partial charge in [-0.1, -0.05) is 30.3 Å². The first-order valence-electron chi connectivity index (χ1n) is 8.48. The molecule has 1 fully saturated rings. The third kappa shape index (κ3) is 3.01. The second-order valence-electron chi connectivity index (χ2n) is 6.50. The van der Waals surface area contributed by atoms with Crippen molar-refractivity contribution in [2.45, 2.75) is 36.1 Å². The minimum absolute atomic E-state index is 0.0628. The first-order chi connectivity index (χ1) is 12.1. The van der Waals surface area contributed by atoms with Gasteiger partial charge >= 0.3 is 0 Å². The highest BCUT2D eigenvalue weighted by molar-refractivity contribution is 7.91. The van der Waals surface area contributed by atoms with Crippen LogP contribution in [0.4, 0.5) is 0 Å². The molecule has 0 spiro atoms. The Morgan fingerprint density at radius 1 is 1.04 bits per heavy atom. The van der Waals surface area contributed by atoms with E-state index in [0.29, 0.717) is 10.6 Å². The van der Waals surface area contributed by atoms with Crippen molar-refractivity contribution in [2.24, 2.45) is 0 Å². The molecule has 25 heavy (non-hydrogen) atoms. The van der Waals surface area contributed by atoms with Gasteiger partial charge in [-0.05, 0) is 41.8 Å². The smallest absolute Gasteiger partial charge is 0.253 e. The topological polar surface area (TPSA) is 57.7 Å². The first-order valence-corrected chi connectivity index (χ1v) is 10.8. The second kappa shape index (κ2) is 6.55. The summed E-state index contributed by atoms with van der Waals surface area (Å²) in [7, 11) is -3.68. The lowest BCUT2D eigenvalue weighted by Gasteiger charge is -2.36. The Bertz CT molecular complexity index is 871. The number of likely N-dealkylation sites (tertiary alicyclic amines) is 1. The van der Waals surface area contributed by atoms with Crippen LogP contribution < -0.4 is 0 Å². The summed E-state index contributed by atoms with van der Waals surface area (Å²) < 4.78 is 28.0. The molecule has 7 heteroatoms. The van der Waals surface area contributed by atoms with Gasteiger partial charge in [0, 0.05) is 19.6 Å². The number of carbonyl (C=O) groups is 1. The van der Waals surface area contributed by atoms with E-state index >= 15 is 0 Å². The molecule has 5 nitrogen and oxygen atoms in total. The molecular weight excluding hydrogens is 356 g/mol. The Kier molecular flexibility index (Phi) is 4.39. The third-order valence-electron chi connectivity index (χ3n) is 4.97. The van der Waals surface area contributed by atoms with Gasteiger partial charge in [0.05, 0.1) is 0 Å². The predicted molar refractivity (Wildman–Crippen MR) is 96.8 cm³/mol. The number of nitrogens with zero attached hydrogens (tertiary/aromatic N) is 2. The lowest BCUT2D eigenvalue weighted by Crippen LogP contribution is -2.52. The molecule has 0 aliphatic carbocycles. The molecule has 1 saturated heterocycles. The third-order valence-corrected chi connectivity index (χ3v) is 8.19. The number of rotatable bonds is 3. The summed E-state index contributed by atoms with van der Waals surface area (Å²) in [5.74, 6) is -0.0628. The zero-order chi connectivity index (χ0) is 17.4. The van der Waals surface area contributed by atoms with E-state index in [4.69, 9.17) is 0 Å². The molecule has 2 aliphatic heterocycles. The van der Waals surface area contributed by atoms with Gasteiger partial charge in [-0.3, -0.25) is 4.79 Å². The minimum Gasteiger partial charge on any atom is -0.341 e. The fourth-order valence-corrected chi connectivity index (χ4v) is 6.32. The highest BCUT2D eigenvalue weighted by Crippen LogP contribution is 2.32. The van der Waals surface area contributed by atoms with Gasteiger partial charge in [0.25, 0.3) is 10.0 Å². The Morgan fingerprint density at radius 3 is 2.44 bits per heavy atom. The SMILES string of the molecule is O=C(C1Cc2ccccc2CN1S(=O)(=O)c1cccs1)N1CCCC1. The summed E-state index contributed by atoms with van der Waals surface area (Å²) in [4.78, 5) is 14.9. The number of benzene rings is 1. The molecule has 0 radical (unpaired) electrons. The van der Waals surface area contributed by atoms with E-state index in [-0.39, 0.29) is 12.5 Å². The summed E-state index contributed by atoms with van der Waals surface area (Å²) in [5.41, 5.74) is 2.05. The summed E-state index contributed by atoms with van der Waals surface area (Å²) in [6.45, 7) is 1.70. The van der Waals surface area contributed by atoms with Crippen LogP contribution in [0.5, 0.6) is 0 Å². The zero-order valence-corrected chi connectivity index (χ0v) is 15.4. The standard InChI is InChI=1S/C18H20N2O3S2/c21-18(19-9-3-4-10-19)16-12-14-6-1-2-7-15(14)13-20(16)25(22,23)17-8-5-11-24-17/h1-2,5-8,11,16H,3-4,9-10,12-13H2.